The third kappa shape index (κ3) is 7.07. The lowest BCUT2D eigenvalue weighted by molar-refractivity contribution is -0.114. The number of ether oxygens (including phenoxy) is 2. The van der Waals surface area contributed by atoms with Crippen LogP contribution in [0.3, 0.4) is 0 Å². The van der Waals surface area contributed by atoms with E-state index in [-0.39, 0.29) is 45.6 Å². The second-order valence-electron chi connectivity index (χ2n) is 7.27. The van der Waals surface area contributed by atoms with Crippen molar-refractivity contribution in [2.75, 3.05) is 12.0 Å². The molecule has 2 N–H and O–H groups in total. The van der Waals surface area contributed by atoms with Crippen LogP contribution in [0, 0.1) is 11.3 Å². The average Bonchev–Trinajstić information content (AvgIpc) is 2.87. The van der Waals surface area contributed by atoms with E-state index in [0.29, 0.717) is 0 Å². The van der Waals surface area contributed by atoms with Gasteiger partial charge in [-0.2, -0.15) is 10.4 Å². The van der Waals surface area contributed by atoms with E-state index in [0.717, 1.165) is 5.56 Å². The predicted octanol–water partition coefficient (Wildman–Crippen LogP) is 4.52. The van der Waals surface area contributed by atoms with Crippen LogP contribution in [0.25, 0.3) is 0 Å². The summed E-state index contributed by atoms with van der Waals surface area (Å²) in [6, 6.07) is 16.0. The van der Waals surface area contributed by atoms with Crippen LogP contribution in [0.15, 0.2) is 64.5 Å². The quantitative estimate of drug-likeness (QED) is 0.311. The average molecular weight is 543 g/mol. The van der Waals surface area contributed by atoms with Crippen molar-refractivity contribution in [1.82, 2.24) is 15.1 Å². The van der Waals surface area contributed by atoms with Crippen LogP contribution in [-0.4, -0.2) is 34.1 Å². The highest BCUT2D eigenvalue weighted by Gasteiger charge is 2.17. The molecule has 37 heavy (non-hydrogen) atoms. The molecule has 0 aliphatic carbocycles. The molecule has 2 amide bonds. The minimum atomic E-state index is -1.06. The lowest BCUT2D eigenvalue weighted by Gasteiger charge is -2.16. The number of carbonyl (C=O) groups is 2. The molecule has 190 valence electrons. The molecule has 0 saturated heterocycles. The van der Waals surface area contributed by atoms with E-state index in [2.05, 4.69) is 20.4 Å². The van der Waals surface area contributed by atoms with Gasteiger partial charge in [-0.3, -0.25) is 20.3 Å². The zero-order valence-corrected chi connectivity index (χ0v) is 21.1. The third-order valence-electron chi connectivity index (χ3n) is 4.76. The number of hydrogen-bond donors (Lipinski definition) is 2. The van der Waals surface area contributed by atoms with Crippen LogP contribution in [0.4, 0.5) is 10.5 Å². The fourth-order valence-corrected chi connectivity index (χ4v) is 3.57. The summed E-state index contributed by atoms with van der Waals surface area (Å²) in [4.78, 5) is 35.7. The highest BCUT2D eigenvalue weighted by Crippen LogP contribution is 2.38. The number of aromatic nitrogens is 2. The summed E-state index contributed by atoms with van der Waals surface area (Å²) in [6.07, 6.45) is -1.01. The minimum Gasteiger partial charge on any atom is -0.450 e. The molecule has 0 radical (unpaired) electrons. The van der Waals surface area contributed by atoms with Gasteiger partial charge in [0.2, 0.25) is 11.6 Å². The third-order valence-corrected chi connectivity index (χ3v) is 5.32. The van der Waals surface area contributed by atoms with Gasteiger partial charge < -0.3 is 9.47 Å². The fraction of sp³-hybridized carbons (Fsp3) is 0.167. The minimum absolute atomic E-state index is 0.0460. The molecule has 0 aliphatic heterocycles. The zero-order chi connectivity index (χ0) is 26.9. The number of imide groups is 1. The highest BCUT2D eigenvalue weighted by atomic mass is 35.5. The first-order chi connectivity index (χ1) is 17.7. The van der Waals surface area contributed by atoms with Gasteiger partial charge >= 0.3 is 6.09 Å². The number of nitrogens with one attached hydrogen (secondary N) is 2. The Bertz CT molecular complexity index is 1410. The van der Waals surface area contributed by atoms with Crippen molar-refractivity contribution >= 4 is 46.6 Å². The predicted molar refractivity (Wildman–Crippen MR) is 137 cm³/mol. The maximum absolute atomic E-state index is 12.4. The van der Waals surface area contributed by atoms with Crippen molar-refractivity contribution in [2.45, 2.75) is 19.9 Å². The van der Waals surface area contributed by atoms with Crippen LogP contribution in [0.1, 0.15) is 25.5 Å². The Morgan fingerprint density at radius 3 is 2.46 bits per heavy atom. The van der Waals surface area contributed by atoms with E-state index in [1.165, 1.54) is 28.9 Å². The highest BCUT2D eigenvalue weighted by molar-refractivity contribution is 6.47. The smallest absolute Gasteiger partial charge is 0.414 e. The van der Waals surface area contributed by atoms with Gasteiger partial charge in [-0.05, 0) is 31.5 Å². The van der Waals surface area contributed by atoms with Gasteiger partial charge in [0.1, 0.15) is 6.07 Å². The number of rotatable bonds is 8. The summed E-state index contributed by atoms with van der Waals surface area (Å²) < 4.78 is 11.6. The Morgan fingerprint density at radius 1 is 1.16 bits per heavy atom. The fourth-order valence-electron chi connectivity index (χ4n) is 3.00. The molecule has 0 aliphatic rings. The number of amides is 2. The van der Waals surface area contributed by atoms with E-state index in [4.69, 9.17) is 33.2 Å². The normalized spacial score (nSPS) is 11.7. The van der Waals surface area contributed by atoms with Crippen LogP contribution in [0.5, 0.6) is 11.6 Å². The lowest BCUT2D eigenvalue weighted by Crippen LogP contribution is -2.36. The van der Waals surface area contributed by atoms with Gasteiger partial charge in [0.15, 0.2) is 5.75 Å². The molecular weight excluding hydrogens is 523 g/mol. The zero-order valence-electron chi connectivity index (χ0n) is 19.6. The number of carbonyl (C=O) groups excluding carboxylic acids is 2. The lowest BCUT2D eigenvalue weighted by atomic mass is 10.1. The number of anilines is 1. The Hall–Kier alpha value is -4.40. The standard InChI is InChI=1S/C24H20Cl2N6O5/c1-3-36-24(35)28-23(34)19(13-27)30-29-16-11-17(25)22(18(26)12-16)37-20-9-10-21(33)32(31-20)14(2)15-7-5-4-6-8-15/h4-12,14,29H,3H2,1-2H3,(H,28,34,35). The largest absolute Gasteiger partial charge is 0.450 e. The van der Waals surface area contributed by atoms with Crippen molar-refractivity contribution in [3.63, 3.8) is 0 Å². The van der Waals surface area contributed by atoms with E-state index in [1.807, 2.05) is 42.6 Å². The summed E-state index contributed by atoms with van der Waals surface area (Å²) >= 11 is 12.7. The SMILES string of the molecule is CCOC(=O)NC(=O)C(C#N)=NNc1cc(Cl)c(Oc2ccc(=O)n(C(C)c3ccccc3)n2)c(Cl)c1. The number of nitrogens with zero attached hydrogens (tertiary/aromatic N) is 4. The Morgan fingerprint density at radius 2 is 1.84 bits per heavy atom. The van der Waals surface area contributed by atoms with Crippen LogP contribution in [0.2, 0.25) is 10.0 Å². The molecule has 11 nitrogen and oxygen atoms in total. The van der Waals surface area contributed by atoms with Gasteiger partial charge in [0, 0.05) is 12.1 Å². The first-order valence-corrected chi connectivity index (χ1v) is 11.5. The van der Waals surface area contributed by atoms with Crippen molar-refractivity contribution in [3.05, 3.63) is 80.6 Å². The van der Waals surface area contributed by atoms with Crippen molar-refractivity contribution < 1.29 is 19.1 Å². The van der Waals surface area contributed by atoms with E-state index < -0.39 is 17.7 Å². The van der Waals surface area contributed by atoms with Gasteiger partial charge in [-0.15, -0.1) is 5.10 Å². The first-order valence-electron chi connectivity index (χ1n) is 10.8. The van der Waals surface area contributed by atoms with Gasteiger partial charge in [-0.25, -0.2) is 9.48 Å². The molecule has 3 aromatic rings. The Balaban J connectivity index is 1.79. The molecule has 1 aromatic heterocycles. The van der Waals surface area contributed by atoms with Crippen molar-refractivity contribution in [1.29, 1.82) is 5.26 Å². The maximum atomic E-state index is 12.4. The number of nitriles is 1. The monoisotopic (exact) mass is 542 g/mol. The summed E-state index contributed by atoms with van der Waals surface area (Å²) in [5, 5.41) is 19.1. The van der Waals surface area contributed by atoms with Gasteiger partial charge in [0.25, 0.3) is 11.5 Å². The molecule has 1 unspecified atom stereocenters. The van der Waals surface area contributed by atoms with E-state index in [1.54, 1.807) is 13.0 Å². The Kier molecular flexibility index (Phi) is 9.21. The summed E-state index contributed by atoms with van der Waals surface area (Å²) in [6.45, 7) is 3.44. The second-order valence-corrected chi connectivity index (χ2v) is 8.09. The molecule has 3 rings (SSSR count). The molecule has 1 atom stereocenters. The van der Waals surface area contributed by atoms with E-state index in [9.17, 15) is 14.4 Å². The topological polar surface area (TPSA) is 148 Å². The summed E-state index contributed by atoms with van der Waals surface area (Å²) in [7, 11) is 0. The van der Waals surface area contributed by atoms with Crippen LogP contribution < -0.4 is 21.0 Å². The first kappa shape index (κ1) is 27.2. The van der Waals surface area contributed by atoms with Crippen molar-refractivity contribution in [2.24, 2.45) is 5.10 Å². The molecule has 2 aromatic carbocycles. The Labute approximate surface area is 221 Å². The van der Waals surface area contributed by atoms with Gasteiger partial charge in [-0.1, -0.05) is 53.5 Å². The van der Waals surface area contributed by atoms with Gasteiger partial charge in [0.05, 0.1) is 28.4 Å². The summed E-state index contributed by atoms with van der Waals surface area (Å²) in [5.74, 6) is -0.924. The molecule has 0 bridgehead atoms. The van der Waals surface area contributed by atoms with Crippen LogP contribution >= 0.6 is 23.2 Å². The van der Waals surface area contributed by atoms with Crippen LogP contribution in [-0.2, 0) is 9.53 Å². The second kappa shape index (κ2) is 12.5. The summed E-state index contributed by atoms with van der Waals surface area (Å²) in [5.41, 5.74) is 2.61. The molecule has 13 heteroatoms. The maximum Gasteiger partial charge on any atom is 0.414 e. The molecule has 1 heterocycles. The number of alkyl carbamates (subject to hydrolysis) is 1. The number of hydrogen-bond acceptors (Lipinski definition) is 9. The van der Waals surface area contributed by atoms with Crippen molar-refractivity contribution in [3.8, 4) is 17.7 Å². The molecule has 0 fully saturated rings. The molecule has 0 saturated carbocycles. The number of halogens is 2. The molecular formula is C24H20Cl2N6O5. The number of hydrazone groups is 1. The number of benzene rings is 2. The molecule has 0 spiro atoms. The van der Waals surface area contributed by atoms with E-state index >= 15 is 0 Å².